The molecule has 0 radical (unpaired) electrons. The average Bonchev–Trinajstić information content (AvgIpc) is 2.78. The molecule has 0 saturated heterocycles. The van der Waals surface area contributed by atoms with Crippen LogP contribution in [0.3, 0.4) is 0 Å². The summed E-state index contributed by atoms with van der Waals surface area (Å²) in [4.78, 5) is 26.1. The van der Waals surface area contributed by atoms with E-state index in [9.17, 15) is 9.59 Å². The second-order valence-corrected chi connectivity index (χ2v) is 3.64. The van der Waals surface area contributed by atoms with Crippen molar-refractivity contribution in [2.45, 2.75) is 26.2 Å². The fourth-order valence-corrected chi connectivity index (χ4v) is 1.62. The number of aryl methyl sites for hydroxylation is 1. The molecule has 0 atom stereocenters. The molecule has 0 aromatic carbocycles. The van der Waals surface area contributed by atoms with Crippen LogP contribution in [0.25, 0.3) is 0 Å². The summed E-state index contributed by atoms with van der Waals surface area (Å²) in [5.41, 5.74) is 1.23. The van der Waals surface area contributed by atoms with Gasteiger partial charge in [0.15, 0.2) is 0 Å². The maximum absolute atomic E-state index is 11.6. The molecule has 94 valence electrons. The lowest BCUT2D eigenvalue weighted by atomic mass is 10.1. The zero-order valence-electron chi connectivity index (χ0n) is 10.3. The lowest BCUT2D eigenvalue weighted by molar-refractivity contribution is 0.0555. The highest BCUT2D eigenvalue weighted by Crippen LogP contribution is 2.18. The number of H-pyrrole nitrogens is 1. The molecule has 5 heteroatoms. The van der Waals surface area contributed by atoms with Crippen LogP contribution in [0.5, 0.6) is 0 Å². The molecule has 0 aliphatic heterocycles. The van der Waals surface area contributed by atoms with E-state index in [1.54, 1.807) is 0 Å². The van der Waals surface area contributed by atoms with Crippen LogP contribution >= 0.6 is 0 Å². The molecular weight excluding hydrogens is 222 g/mol. The number of aromatic amines is 1. The van der Waals surface area contributed by atoms with Crippen LogP contribution in [-0.2, 0) is 15.9 Å². The molecule has 0 spiro atoms. The second-order valence-electron chi connectivity index (χ2n) is 3.64. The third kappa shape index (κ3) is 2.87. The third-order valence-electron chi connectivity index (χ3n) is 2.54. The van der Waals surface area contributed by atoms with Gasteiger partial charge in [-0.2, -0.15) is 0 Å². The van der Waals surface area contributed by atoms with Crippen molar-refractivity contribution in [3.8, 4) is 0 Å². The van der Waals surface area contributed by atoms with Gasteiger partial charge in [-0.25, -0.2) is 9.59 Å². The highest BCUT2D eigenvalue weighted by atomic mass is 16.5. The van der Waals surface area contributed by atoms with Crippen LogP contribution < -0.4 is 0 Å². The summed E-state index contributed by atoms with van der Waals surface area (Å²) in [7, 11) is 2.57. The molecule has 0 bridgehead atoms. The second kappa shape index (κ2) is 6.08. The van der Waals surface area contributed by atoms with Gasteiger partial charge < -0.3 is 14.5 Å². The Morgan fingerprint density at radius 1 is 1.24 bits per heavy atom. The van der Waals surface area contributed by atoms with Gasteiger partial charge in [0.1, 0.15) is 0 Å². The van der Waals surface area contributed by atoms with E-state index in [2.05, 4.69) is 21.4 Å². The van der Waals surface area contributed by atoms with Gasteiger partial charge in [-0.15, -0.1) is 0 Å². The number of nitrogens with one attached hydrogen (secondary N) is 1. The molecule has 5 nitrogen and oxygen atoms in total. The van der Waals surface area contributed by atoms with Gasteiger partial charge in [0.25, 0.3) is 0 Å². The number of carbonyl (C=O) groups excluding carboxylic acids is 2. The van der Waals surface area contributed by atoms with Gasteiger partial charge in [-0.1, -0.05) is 13.3 Å². The molecule has 1 heterocycles. The largest absolute Gasteiger partial charge is 0.465 e. The number of ether oxygens (including phenoxy) is 2. The van der Waals surface area contributed by atoms with Gasteiger partial charge in [-0.3, -0.25) is 0 Å². The third-order valence-corrected chi connectivity index (χ3v) is 2.54. The molecule has 0 fully saturated rings. The quantitative estimate of drug-likeness (QED) is 0.797. The predicted molar refractivity (Wildman–Crippen MR) is 62.1 cm³/mol. The number of carbonyl (C=O) groups is 2. The topological polar surface area (TPSA) is 68.4 Å². The molecule has 0 aliphatic carbocycles. The van der Waals surface area contributed by atoms with Crippen molar-refractivity contribution in [3.63, 3.8) is 0 Å². The molecule has 0 saturated carbocycles. The number of hydrogen-bond acceptors (Lipinski definition) is 4. The van der Waals surface area contributed by atoms with Crippen molar-refractivity contribution in [1.29, 1.82) is 0 Å². The standard InChI is InChI=1S/C12H17NO4/c1-4-5-6-9-10(12(15)17-3)8(7-13-9)11(14)16-2/h7,13H,4-6H2,1-3H3. The molecule has 1 rings (SSSR count). The lowest BCUT2D eigenvalue weighted by Gasteiger charge is -2.04. The van der Waals surface area contributed by atoms with Crippen molar-refractivity contribution in [2.75, 3.05) is 14.2 Å². The summed E-state index contributed by atoms with van der Waals surface area (Å²) in [6, 6.07) is 0. The van der Waals surface area contributed by atoms with Crippen molar-refractivity contribution < 1.29 is 19.1 Å². The zero-order valence-corrected chi connectivity index (χ0v) is 10.3. The summed E-state index contributed by atoms with van der Waals surface area (Å²) in [6.45, 7) is 2.06. The molecule has 17 heavy (non-hydrogen) atoms. The van der Waals surface area contributed by atoms with E-state index in [-0.39, 0.29) is 11.1 Å². The van der Waals surface area contributed by atoms with E-state index in [1.807, 2.05) is 0 Å². The first kappa shape index (κ1) is 13.3. The summed E-state index contributed by atoms with van der Waals surface area (Å²) in [5.74, 6) is -1.05. The van der Waals surface area contributed by atoms with E-state index >= 15 is 0 Å². The number of hydrogen-bond donors (Lipinski definition) is 1. The lowest BCUT2D eigenvalue weighted by Crippen LogP contribution is -2.11. The molecule has 0 amide bonds. The minimum Gasteiger partial charge on any atom is -0.465 e. The number of esters is 2. The van der Waals surface area contributed by atoms with E-state index in [0.29, 0.717) is 6.42 Å². The van der Waals surface area contributed by atoms with Crippen LogP contribution in [0, 0.1) is 0 Å². The predicted octanol–water partition coefficient (Wildman–Crippen LogP) is 1.93. The van der Waals surface area contributed by atoms with Crippen LogP contribution in [0.1, 0.15) is 46.2 Å². The van der Waals surface area contributed by atoms with Crippen molar-refractivity contribution in [2.24, 2.45) is 0 Å². The Bertz CT molecular complexity index is 409. The molecule has 1 N–H and O–H groups in total. The van der Waals surface area contributed by atoms with E-state index < -0.39 is 11.9 Å². The first-order valence-corrected chi connectivity index (χ1v) is 5.52. The first-order valence-electron chi connectivity index (χ1n) is 5.52. The number of rotatable bonds is 5. The Kier molecular flexibility index (Phi) is 4.75. The molecule has 1 aromatic heterocycles. The van der Waals surface area contributed by atoms with Gasteiger partial charge in [-0.05, 0) is 12.8 Å². The van der Waals surface area contributed by atoms with Gasteiger partial charge in [0.2, 0.25) is 0 Å². The normalized spacial score (nSPS) is 10.1. The van der Waals surface area contributed by atoms with Gasteiger partial charge in [0.05, 0.1) is 25.3 Å². The number of unbranched alkanes of at least 4 members (excludes halogenated alkanes) is 1. The maximum Gasteiger partial charge on any atom is 0.340 e. The fourth-order valence-electron chi connectivity index (χ4n) is 1.62. The first-order chi connectivity index (χ1) is 8.15. The van der Waals surface area contributed by atoms with Crippen LogP contribution in [-0.4, -0.2) is 31.1 Å². The summed E-state index contributed by atoms with van der Waals surface area (Å²) >= 11 is 0. The van der Waals surface area contributed by atoms with Gasteiger partial charge >= 0.3 is 11.9 Å². The number of methoxy groups -OCH3 is 2. The summed E-state index contributed by atoms with van der Waals surface area (Å²) < 4.78 is 9.31. The Morgan fingerprint density at radius 3 is 2.41 bits per heavy atom. The highest BCUT2D eigenvalue weighted by molar-refractivity contribution is 6.04. The van der Waals surface area contributed by atoms with E-state index in [1.165, 1.54) is 20.4 Å². The minimum atomic E-state index is -0.538. The number of aromatic nitrogens is 1. The smallest absolute Gasteiger partial charge is 0.340 e. The molecule has 0 unspecified atom stereocenters. The van der Waals surface area contributed by atoms with Crippen molar-refractivity contribution in [1.82, 2.24) is 4.98 Å². The van der Waals surface area contributed by atoms with Crippen molar-refractivity contribution in [3.05, 3.63) is 23.0 Å². The zero-order chi connectivity index (χ0) is 12.8. The Balaban J connectivity index is 3.10. The van der Waals surface area contributed by atoms with Gasteiger partial charge in [0, 0.05) is 11.9 Å². The monoisotopic (exact) mass is 239 g/mol. The summed E-state index contributed by atoms with van der Waals surface area (Å²) in [5, 5.41) is 0. The van der Waals surface area contributed by atoms with Crippen molar-refractivity contribution >= 4 is 11.9 Å². The van der Waals surface area contributed by atoms with Crippen LogP contribution in [0.2, 0.25) is 0 Å². The van der Waals surface area contributed by atoms with E-state index in [4.69, 9.17) is 0 Å². The Hall–Kier alpha value is -1.78. The fraction of sp³-hybridized carbons (Fsp3) is 0.500. The highest BCUT2D eigenvalue weighted by Gasteiger charge is 2.23. The minimum absolute atomic E-state index is 0.227. The SMILES string of the molecule is CCCCc1[nH]cc(C(=O)OC)c1C(=O)OC. The Morgan fingerprint density at radius 2 is 1.88 bits per heavy atom. The maximum atomic E-state index is 11.6. The molecular formula is C12H17NO4. The average molecular weight is 239 g/mol. The molecule has 1 aromatic rings. The van der Waals surface area contributed by atoms with Crippen LogP contribution in [0.4, 0.5) is 0 Å². The summed E-state index contributed by atoms with van der Waals surface area (Å²) in [6.07, 6.45) is 4.14. The Labute approximate surface area is 100 Å². The van der Waals surface area contributed by atoms with E-state index in [0.717, 1.165) is 18.5 Å². The van der Waals surface area contributed by atoms with Crippen LogP contribution in [0.15, 0.2) is 6.20 Å². The molecule has 0 aliphatic rings.